The molecule has 2 aliphatic rings. The highest BCUT2D eigenvalue weighted by molar-refractivity contribution is 5.79. The number of hydrogen-bond acceptors (Lipinski definition) is 6. The first-order valence-electron chi connectivity index (χ1n) is 10.3. The number of anilines is 1. The normalized spacial score (nSPS) is 15.8. The van der Waals surface area contributed by atoms with Crippen LogP contribution in [0.5, 0.6) is 11.5 Å². The number of aromatic nitrogens is 1. The third-order valence-electron chi connectivity index (χ3n) is 5.54. The Balaban J connectivity index is 1.20. The zero-order valence-electron chi connectivity index (χ0n) is 16.9. The molecule has 5 rings (SSSR count). The van der Waals surface area contributed by atoms with Gasteiger partial charge in [-0.15, -0.1) is 0 Å². The number of benzene rings is 2. The maximum atomic E-state index is 14.0. The number of nitrogens with zero attached hydrogens (tertiary/aromatic N) is 3. The van der Waals surface area contributed by atoms with Crippen LogP contribution in [0.1, 0.15) is 5.69 Å². The largest absolute Gasteiger partial charge is 0.486 e. The van der Waals surface area contributed by atoms with Gasteiger partial charge >= 0.3 is 0 Å². The molecule has 1 fully saturated rings. The Morgan fingerprint density at radius 1 is 0.968 bits per heavy atom. The van der Waals surface area contributed by atoms with Gasteiger partial charge in [0, 0.05) is 37.8 Å². The van der Waals surface area contributed by atoms with Crippen molar-refractivity contribution in [1.82, 2.24) is 10.1 Å². The van der Waals surface area contributed by atoms with Crippen LogP contribution >= 0.6 is 0 Å². The molecule has 0 bridgehead atoms. The van der Waals surface area contributed by atoms with Gasteiger partial charge in [0.2, 0.25) is 5.91 Å². The average molecular weight is 423 g/mol. The number of carbonyl (C=O) groups excluding carboxylic acids is 1. The van der Waals surface area contributed by atoms with Crippen molar-refractivity contribution in [2.75, 3.05) is 44.3 Å². The van der Waals surface area contributed by atoms with Crippen LogP contribution in [-0.2, 0) is 11.2 Å². The fourth-order valence-corrected chi connectivity index (χ4v) is 3.90. The Labute approximate surface area is 178 Å². The second-order valence-electron chi connectivity index (χ2n) is 7.54. The molecule has 3 heterocycles. The first-order valence-corrected chi connectivity index (χ1v) is 10.3. The fraction of sp³-hybridized carbons (Fsp3) is 0.304. The van der Waals surface area contributed by atoms with Crippen LogP contribution in [0.3, 0.4) is 0 Å². The zero-order chi connectivity index (χ0) is 21.2. The van der Waals surface area contributed by atoms with Gasteiger partial charge in [-0.05, 0) is 30.3 Å². The van der Waals surface area contributed by atoms with Crippen LogP contribution in [0.4, 0.5) is 10.1 Å². The summed E-state index contributed by atoms with van der Waals surface area (Å²) in [7, 11) is 0. The monoisotopic (exact) mass is 423 g/mol. The molecule has 7 nitrogen and oxygen atoms in total. The lowest BCUT2D eigenvalue weighted by Crippen LogP contribution is -2.49. The van der Waals surface area contributed by atoms with E-state index < -0.39 is 0 Å². The predicted octanol–water partition coefficient (Wildman–Crippen LogP) is 3.14. The lowest BCUT2D eigenvalue weighted by Gasteiger charge is -2.36. The van der Waals surface area contributed by atoms with Gasteiger partial charge in [0.1, 0.15) is 19.0 Å². The Kier molecular flexibility index (Phi) is 5.19. The molecule has 0 aliphatic carbocycles. The first-order chi connectivity index (χ1) is 15.2. The SMILES string of the molecule is O=C(Cc1cc(-c2ccc3c(c2)OCCO3)on1)N1CCN(c2ccccc2F)CC1. The molecular weight excluding hydrogens is 401 g/mol. The maximum Gasteiger partial charge on any atom is 0.228 e. The van der Waals surface area contributed by atoms with Gasteiger partial charge in [0.15, 0.2) is 17.3 Å². The number of ether oxygens (including phenoxy) is 2. The zero-order valence-corrected chi connectivity index (χ0v) is 16.9. The molecule has 0 radical (unpaired) electrons. The minimum absolute atomic E-state index is 0.0183. The smallest absolute Gasteiger partial charge is 0.228 e. The van der Waals surface area contributed by atoms with E-state index in [1.165, 1.54) is 6.07 Å². The highest BCUT2D eigenvalue weighted by Crippen LogP contribution is 2.34. The van der Waals surface area contributed by atoms with E-state index in [1.807, 2.05) is 29.2 Å². The summed E-state index contributed by atoms with van der Waals surface area (Å²) >= 11 is 0. The van der Waals surface area contributed by atoms with Crippen LogP contribution in [0.15, 0.2) is 53.1 Å². The van der Waals surface area contributed by atoms with Gasteiger partial charge in [0.25, 0.3) is 0 Å². The van der Waals surface area contributed by atoms with Crippen LogP contribution in [-0.4, -0.2) is 55.4 Å². The first kappa shape index (κ1) is 19.4. The van der Waals surface area contributed by atoms with Crippen molar-refractivity contribution in [1.29, 1.82) is 0 Å². The van der Waals surface area contributed by atoms with Crippen molar-refractivity contribution in [2.24, 2.45) is 0 Å². The molecule has 2 aliphatic heterocycles. The van der Waals surface area contributed by atoms with E-state index >= 15 is 0 Å². The highest BCUT2D eigenvalue weighted by atomic mass is 19.1. The van der Waals surface area contributed by atoms with Crippen molar-refractivity contribution in [2.45, 2.75) is 6.42 Å². The summed E-state index contributed by atoms with van der Waals surface area (Å²) in [5.74, 6) is 1.70. The van der Waals surface area contributed by atoms with E-state index in [0.717, 1.165) is 5.56 Å². The van der Waals surface area contributed by atoms with E-state index in [1.54, 1.807) is 23.1 Å². The van der Waals surface area contributed by atoms with Crippen LogP contribution < -0.4 is 14.4 Å². The number of fused-ring (bicyclic) bond motifs is 1. The highest BCUT2D eigenvalue weighted by Gasteiger charge is 2.24. The third-order valence-corrected chi connectivity index (χ3v) is 5.54. The van der Waals surface area contributed by atoms with Gasteiger partial charge in [-0.25, -0.2) is 4.39 Å². The van der Waals surface area contributed by atoms with Crippen molar-refractivity contribution in [3.05, 3.63) is 60.0 Å². The molecule has 0 atom stereocenters. The van der Waals surface area contributed by atoms with E-state index in [2.05, 4.69) is 5.16 Å². The third kappa shape index (κ3) is 4.05. The minimum atomic E-state index is -0.239. The topological polar surface area (TPSA) is 68.0 Å². The average Bonchev–Trinajstić information content (AvgIpc) is 3.28. The fourth-order valence-electron chi connectivity index (χ4n) is 3.90. The number of para-hydroxylation sites is 1. The minimum Gasteiger partial charge on any atom is -0.486 e. The van der Waals surface area contributed by atoms with Crippen molar-refractivity contribution < 1.29 is 23.2 Å². The molecule has 2 aromatic carbocycles. The molecular formula is C23H22FN3O4. The number of piperazine rings is 1. The summed E-state index contributed by atoms with van der Waals surface area (Å²) in [5, 5.41) is 4.06. The number of hydrogen-bond donors (Lipinski definition) is 0. The van der Waals surface area contributed by atoms with E-state index in [9.17, 15) is 9.18 Å². The van der Waals surface area contributed by atoms with E-state index in [-0.39, 0.29) is 18.1 Å². The summed E-state index contributed by atoms with van der Waals surface area (Å²) in [5.41, 5.74) is 1.97. The summed E-state index contributed by atoms with van der Waals surface area (Å²) in [4.78, 5) is 16.5. The maximum absolute atomic E-state index is 14.0. The second-order valence-corrected chi connectivity index (χ2v) is 7.54. The van der Waals surface area contributed by atoms with Crippen molar-refractivity contribution in [3.8, 4) is 22.8 Å². The summed E-state index contributed by atoms with van der Waals surface area (Å²) < 4.78 is 30.6. The standard InChI is InChI=1S/C23H22FN3O4/c24-18-3-1-2-4-19(18)26-7-9-27(10-8-26)23(28)15-17-14-21(31-25-17)16-5-6-20-22(13-16)30-12-11-29-20/h1-6,13-14H,7-12,15H2. The van der Waals surface area contributed by atoms with Crippen LogP contribution in [0, 0.1) is 5.82 Å². The predicted molar refractivity (Wildman–Crippen MR) is 112 cm³/mol. The number of halogens is 1. The molecule has 3 aromatic rings. The van der Waals surface area contributed by atoms with Crippen molar-refractivity contribution >= 4 is 11.6 Å². The molecule has 8 heteroatoms. The number of rotatable bonds is 4. The molecule has 1 saturated heterocycles. The summed E-state index contributed by atoms with van der Waals surface area (Å²) in [6.07, 6.45) is 0.160. The Bertz CT molecular complexity index is 1090. The molecule has 0 N–H and O–H groups in total. The van der Waals surface area contributed by atoms with E-state index in [0.29, 0.717) is 68.0 Å². The van der Waals surface area contributed by atoms with Crippen LogP contribution in [0.2, 0.25) is 0 Å². The Hall–Kier alpha value is -3.55. The van der Waals surface area contributed by atoms with Crippen molar-refractivity contribution in [3.63, 3.8) is 0 Å². The van der Waals surface area contributed by atoms with Gasteiger partial charge in [-0.2, -0.15) is 0 Å². The van der Waals surface area contributed by atoms with Gasteiger partial charge in [-0.1, -0.05) is 17.3 Å². The summed E-state index contributed by atoms with van der Waals surface area (Å²) in [6, 6.07) is 14.1. The molecule has 1 amide bonds. The number of carbonyl (C=O) groups is 1. The summed E-state index contributed by atoms with van der Waals surface area (Å²) in [6.45, 7) is 3.31. The Morgan fingerprint density at radius 2 is 1.74 bits per heavy atom. The van der Waals surface area contributed by atoms with Gasteiger partial charge < -0.3 is 23.8 Å². The Morgan fingerprint density at radius 3 is 2.55 bits per heavy atom. The number of amides is 1. The lowest BCUT2D eigenvalue weighted by atomic mass is 10.1. The molecule has 31 heavy (non-hydrogen) atoms. The lowest BCUT2D eigenvalue weighted by molar-refractivity contribution is -0.130. The molecule has 160 valence electrons. The van der Waals surface area contributed by atoms with Crippen LogP contribution in [0.25, 0.3) is 11.3 Å². The second kappa shape index (κ2) is 8.29. The van der Waals surface area contributed by atoms with Gasteiger partial charge in [-0.3, -0.25) is 4.79 Å². The van der Waals surface area contributed by atoms with Gasteiger partial charge in [0.05, 0.1) is 17.8 Å². The van der Waals surface area contributed by atoms with E-state index in [4.69, 9.17) is 14.0 Å². The molecule has 0 spiro atoms. The molecule has 1 aromatic heterocycles. The quantitative estimate of drug-likeness (QED) is 0.642. The molecule has 0 saturated carbocycles. The molecule has 0 unspecified atom stereocenters.